The predicted octanol–water partition coefficient (Wildman–Crippen LogP) is 2.94. The van der Waals surface area contributed by atoms with E-state index < -0.39 is 11.7 Å². The molecule has 0 spiro atoms. The van der Waals surface area contributed by atoms with Crippen LogP contribution in [0.15, 0.2) is 18.2 Å². The highest BCUT2D eigenvalue weighted by atomic mass is 32.2. The van der Waals surface area contributed by atoms with Crippen LogP contribution in [0.4, 0.5) is 4.39 Å². The molecule has 2 atom stereocenters. The van der Waals surface area contributed by atoms with Gasteiger partial charge in [-0.2, -0.15) is 11.8 Å². The van der Waals surface area contributed by atoms with Crippen molar-refractivity contribution in [2.24, 2.45) is 0 Å². The minimum Gasteiger partial charge on any atom is -0.508 e. The molecule has 0 bridgehead atoms. The minimum atomic E-state index is -0.685. The van der Waals surface area contributed by atoms with Gasteiger partial charge < -0.3 is 10.4 Å². The van der Waals surface area contributed by atoms with E-state index in [0.29, 0.717) is 5.25 Å². The monoisotopic (exact) mass is 283 g/mol. The molecule has 1 saturated carbocycles. The van der Waals surface area contributed by atoms with Crippen molar-refractivity contribution >= 4 is 17.7 Å². The Hall–Kier alpha value is -1.23. The van der Waals surface area contributed by atoms with E-state index in [1.807, 2.05) is 11.8 Å². The largest absolute Gasteiger partial charge is 0.508 e. The van der Waals surface area contributed by atoms with Gasteiger partial charge in [0.1, 0.15) is 11.6 Å². The molecule has 1 aromatic carbocycles. The summed E-state index contributed by atoms with van der Waals surface area (Å²) in [5, 5.41) is 12.6. The average Bonchev–Trinajstić information content (AvgIpc) is 2.76. The number of carbonyl (C=O) groups excluding carboxylic acids is 1. The molecular formula is C14H18FNO2S. The first-order valence-electron chi connectivity index (χ1n) is 6.51. The van der Waals surface area contributed by atoms with Crippen molar-refractivity contribution in [1.29, 1.82) is 0 Å². The molecule has 104 valence electrons. The van der Waals surface area contributed by atoms with Crippen LogP contribution < -0.4 is 5.32 Å². The minimum absolute atomic E-state index is 0.00982. The number of amides is 1. The average molecular weight is 283 g/mol. The second-order valence-corrected chi connectivity index (χ2v) is 6.30. The van der Waals surface area contributed by atoms with Crippen LogP contribution in [0.3, 0.4) is 0 Å². The van der Waals surface area contributed by atoms with Gasteiger partial charge in [-0.3, -0.25) is 4.79 Å². The highest BCUT2D eigenvalue weighted by Crippen LogP contribution is 2.30. The third-order valence-electron chi connectivity index (χ3n) is 3.32. The molecule has 0 radical (unpaired) electrons. The number of nitrogens with one attached hydrogen (secondary N) is 1. The van der Waals surface area contributed by atoms with Crippen LogP contribution in [-0.4, -0.2) is 28.1 Å². The predicted molar refractivity (Wildman–Crippen MR) is 75.1 cm³/mol. The number of hydrogen-bond donors (Lipinski definition) is 2. The van der Waals surface area contributed by atoms with Crippen molar-refractivity contribution < 1.29 is 14.3 Å². The fourth-order valence-electron chi connectivity index (χ4n) is 2.41. The Morgan fingerprint density at radius 1 is 1.53 bits per heavy atom. The van der Waals surface area contributed by atoms with Crippen molar-refractivity contribution in [2.75, 3.05) is 5.75 Å². The summed E-state index contributed by atoms with van der Waals surface area (Å²) in [6.07, 6.45) is 2.99. The molecule has 19 heavy (non-hydrogen) atoms. The molecule has 0 aromatic heterocycles. The van der Waals surface area contributed by atoms with Gasteiger partial charge >= 0.3 is 0 Å². The Balaban J connectivity index is 1.94. The topological polar surface area (TPSA) is 49.3 Å². The molecule has 1 aliphatic carbocycles. The quantitative estimate of drug-likeness (QED) is 0.893. The van der Waals surface area contributed by atoms with E-state index in [1.165, 1.54) is 12.1 Å². The third kappa shape index (κ3) is 3.62. The van der Waals surface area contributed by atoms with Crippen molar-refractivity contribution in [3.05, 3.63) is 29.6 Å². The summed E-state index contributed by atoms with van der Waals surface area (Å²) in [4.78, 5) is 12.0. The lowest BCUT2D eigenvalue weighted by atomic mass is 10.1. The summed E-state index contributed by atoms with van der Waals surface area (Å²) in [6.45, 7) is 2.13. The Morgan fingerprint density at radius 2 is 2.32 bits per heavy atom. The lowest BCUT2D eigenvalue weighted by Gasteiger charge is -2.13. The zero-order chi connectivity index (χ0) is 13.8. The maximum atomic E-state index is 13.5. The van der Waals surface area contributed by atoms with Gasteiger partial charge in [-0.15, -0.1) is 0 Å². The van der Waals surface area contributed by atoms with Gasteiger partial charge in [-0.1, -0.05) is 6.92 Å². The van der Waals surface area contributed by atoms with E-state index in [9.17, 15) is 9.18 Å². The van der Waals surface area contributed by atoms with Gasteiger partial charge in [-0.25, -0.2) is 4.39 Å². The van der Waals surface area contributed by atoms with Crippen LogP contribution in [0.1, 0.15) is 36.5 Å². The maximum Gasteiger partial charge on any atom is 0.254 e. The number of thioether (sulfide) groups is 1. The first kappa shape index (κ1) is 14.2. The fraction of sp³-hybridized carbons (Fsp3) is 0.500. The number of phenolic OH excluding ortho intramolecular Hbond substituents is 1. The summed E-state index contributed by atoms with van der Waals surface area (Å²) in [5.41, 5.74) is -0.00982. The first-order chi connectivity index (χ1) is 9.10. The zero-order valence-corrected chi connectivity index (χ0v) is 11.7. The number of rotatable bonds is 4. The Kier molecular flexibility index (Phi) is 4.69. The van der Waals surface area contributed by atoms with Crippen LogP contribution in [0.2, 0.25) is 0 Å². The molecule has 1 amide bonds. The summed E-state index contributed by atoms with van der Waals surface area (Å²) in [5.74, 6) is -0.174. The highest BCUT2D eigenvalue weighted by Gasteiger charge is 2.26. The van der Waals surface area contributed by atoms with E-state index in [-0.39, 0.29) is 17.4 Å². The number of hydrogen-bond acceptors (Lipinski definition) is 3. The molecule has 0 saturated heterocycles. The van der Waals surface area contributed by atoms with Crippen LogP contribution in [0.5, 0.6) is 5.75 Å². The first-order valence-corrected chi connectivity index (χ1v) is 7.56. The zero-order valence-electron chi connectivity index (χ0n) is 10.9. The molecule has 0 heterocycles. The molecule has 5 heteroatoms. The number of benzene rings is 1. The van der Waals surface area contributed by atoms with E-state index in [0.717, 1.165) is 31.1 Å². The fourth-order valence-corrected chi connectivity index (χ4v) is 3.55. The van der Waals surface area contributed by atoms with Gasteiger partial charge in [0.2, 0.25) is 0 Å². The summed E-state index contributed by atoms with van der Waals surface area (Å²) >= 11 is 1.91. The lowest BCUT2D eigenvalue weighted by Crippen LogP contribution is -2.33. The van der Waals surface area contributed by atoms with Crippen LogP contribution in [-0.2, 0) is 0 Å². The molecule has 1 aliphatic rings. The number of carbonyl (C=O) groups is 1. The van der Waals surface area contributed by atoms with Crippen molar-refractivity contribution in [1.82, 2.24) is 5.32 Å². The second-order valence-electron chi connectivity index (χ2n) is 4.72. The smallest absolute Gasteiger partial charge is 0.254 e. The van der Waals surface area contributed by atoms with Crippen LogP contribution in [0, 0.1) is 5.82 Å². The van der Waals surface area contributed by atoms with Gasteiger partial charge in [0.15, 0.2) is 0 Å². The van der Waals surface area contributed by atoms with E-state index in [4.69, 9.17) is 5.11 Å². The number of aromatic hydroxyl groups is 1. The van der Waals surface area contributed by atoms with Crippen molar-refractivity contribution in [3.63, 3.8) is 0 Å². The molecule has 1 aromatic rings. The van der Waals surface area contributed by atoms with Gasteiger partial charge in [0.05, 0.1) is 5.56 Å². The lowest BCUT2D eigenvalue weighted by molar-refractivity contribution is 0.0934. The van der Waals surface area contributed by atoms with E-state index in [2.05, 4.69) is 12.2 Å². The third-order valence-corrected chi connectivity index (χ3v) is 4.55. The summed E-state index contributed by atoms with van der Waals surface area (Å²) in [6, 6.07) is 3.72. The maximum absolute atomic E-state index is 13.5. The molecule has 3 nitrogen and oxygen atoms in total. The molecule has 2 N–H and O–H groups in total. The van der Waals surface area contributed by atoms with Crippen LogP contribution >= 0.6 is 11.8 Å². The van der Waals surface area contributed by atoms with Crippen molar-refractivity contribution in [3.8, 4) is 5.75 Å². The molecule has 0 unspecified atom stereocenters. The van der Waals surface area contributed by atoms with E-state index >= 15 is 0 Å². The molecule has 2 rings (SSSR count). The molecular weight excluding hydrogens is 265 g/mol. The highest BCUT2D eigenvalue weighted by molar-refractivity contribution is 7.99. The second kappa shape index (κ2) is 6.28. The standard InChI is InChI=1S/C14H18FNO2S/c1-2-19-11-5-3-9(7-11)16-14(18)12-6-4-10(17)8-13(12)15/h4,6,8-9,11,17H,2-3,5,7H2,1H3,(H,16,18)/t9-,11+/m0/s1. The molecule has 0 aliphatic heterocycles. The summed E-state index contributed by atoms with van der Waals surface area (Å²) < 4.78 is 13.5. The number of phenols is 1. The van der Waals surface area contributed by atoms with Gasteiger partial charge in [-0.05, 0) is 37.1 Å². The van der Waals surface area contributed by atoms with Crippen LogP contribution in [0.25, 0.3) is 0 Å². The molecule has 1 fully saturated rings. The van der Waals surface area contributed by atoms with E-state index in [1.54, 1.807) is 0 Å². The Morgan fingerprint density at radius 3 is 3.00 bits per heavy atom. The normalized spacial score (nSPS) is 22.4. The van der Waals surface area contributed by atoms with Gasteiger partial charge in [0.25, 0.3) is 5.91 Å². The SMILES string of the molecule is CCS[C@@H]1CC[C@H](NC(=O)c2ccc(O)cc2F)C1. The number of halogens is 1. The Labute approximate surface area is 116 Å². The van der Waals surface area contributed by atoms with Gasteiger partial charge in [0, 0.05) is 17.4 Å². The summed E-state index contributed by atoms with van der Waals surface area (Å²) in [7, 11) is 0. The Bertz CT molecular complexity index is 467. The van der Waals surface area contributed by atoms with Crippen molar-refractivity contribution in [2.45, 2.75) is 37.5 Å².